The Kier molecular flexibility index (Phi) is 4.64. The first-order chi connectivity index (χ1) is 9.54. The second-order valence-electron chi connectivity index (χ2n) is 5.65. The molecule has 1 N–H and O–H groups in total. The van der Waals surface area contributed by atoms with E-state index in [0.29, 0.717) is 24.6 Å². The van der Waals surface area contributed by atoms with Crippen LogP contribution in [0.1, 0.15) is 33.1 Å². The standard InChI is InChI=1S/C15H22N2O2S/c1-4-9-20-10-8-17-12(5-2)13(18)16-15(3,14(17)19)11-6-7-11/h1,11-12H,5-10H2,2-3H3,(H,16,18). The molecule has 2 rings (SSSR count). The summed E-state index contributed by atoms with van der Waals surface area (Å²) in [5, 5.41) is 2.97. The zero-order valence-electron chi connectivity index (χ0n) is 12.1. The number of carbonyl (C=O) groups excluding carboxylic acids is 2. The lowest BCUT2D eigenvalue weighted by molar-refractivity contribution is -0.155. The van der Waals surface area contributed by atoms with Crippen LogP contribution in [0.15, 0.2) is 0 Å². The number of amides is 2. The first-order valence-electron chi connectivity index (χ1n) is 7.19. The molecule has 1 saturated heterocycles. The van der Waals surface area contributed by atoms with Crippen LogP contribution < -0.4 is 5.32 Å². The molecule has 5 heteroatoms. The Morgan fingerprint density at radius 3 is 2.75 bits per heavy atom. The smallest absolute Gasteiger partial charge is 0.249 e. The van der Waals surface area contributed by atoms with Crippen LogP contribution in [0.4, 0.5) is 0 Å². The molecular formula is C15H22N2O2S. The molecule has 2 fully saturated rings. The lowest BCUT2D eigenvalue weighted by atomic mass is 9.89. The molecule has 0 radical (unpaired) electrons. The number of carbonyl (C=O) groups is 2. The molecule has 1 saturated carbocycles. The summed E-state index contributed by atoms with van der Waals surface area (Å²) in [4.78, 5) is 26.8. The molecule has 110 valence electrons. The van der Waals surface area contributed by atoms with E-state index in [0.717, 1.165) is 18.6 Å². The Bertz CT molecular complexity index is 442. The minimum Gasteiger partial charge on any atom is -0.340 e. The van der Waals surface area contributed by atoms with Gasteiger partial charge in [-0.15, -0.1) is 18.2 Å². The first kappa shape index (κ1) is 15.2. The topological polar surface area (TPSA) is 49.4 Å². The molecule has 2 atom stereocenters. The van der Waals surface area contributed by atoms with Crippen LogP contribution in [-0.4, -0.2) is 46.3 Å². The molecule has 2 aliphatic rings. The summed E-state index contributed by atoms with van der Waals surface area (Å²) < 4.78 is 0. The van der Waals surface area contributed by atoms with Crippen molar-refractivity contribution >= 4 is 23.6 Å². The van der Waals surface area contributed by atoms with Crippen LogP contribution in [0.25, 0.3) is 0 Å². The predicted molar refractivity (Wildman–Crippen MR) is 81.2 cm³/mol. The van der Waals surface area contributed by atoms with E-state index < -0.39 is 5.54 Å². The van der Waals surface area contributed by atoms with Crippen LogP contribution in [0, 0.1) is 18.3 Å². The molecule has 1 aliphatic heterocycles. The van der Waals surface area contributed by atoms with Gasteiger partial charge in [0.25, 0.3) is 0 Å². The van der Waals surface area contributed by atoms with Gasteiger partial charge < -0.3 is 10.2 Å². The molecule has 0 bridgehead atoms. The largest absolute Gasteiger partial charge is 0.340 e. The maximum absolute atomic E-state index is 12.8. The van der Waals surface area contributed by atoms with Crippen molar-refractivity contribution < 1.29 is 9.59 Å². The van der Waals surface area contributed by atoms with Crippen LogP contribution >= 0.6 is 11.8 Å². The van der Waals surface area contributed by atoms with Crippen molar-refractivity contribution in [3.63, 3.8) is 0 Å². The number of hydrogen-bond acceptors (Lipinski definition) is 3. The van der Waals surface area contributed by atoms with Crippen molar-refractivity contribution in [3.05, 3.63) is 0 Å². The third-order valence-corrected chi connectivity index (χ3v) is 5.05. The second kappa shape index (κ2) is 6.09. The van der Waals surface area contributed by atoms with E-state index in [2.05, 4.69) is 11.2 Å². The fourth-order valence-electron chi connectivity index (χ4n) is 2.87. The van der Waals surface area contributed by atoms with E-state index in [1.165, 1.54) is 0 Å². The van der Waals surface area contributed by atoms with Gasteiger partial charge in [0.15, 0.2) is 0 Å². The Morgan fingerprint density at radius 2 is 2.20 bits per heavy atom. The average molecular weight is 294 g/mol. The highest BCUT2D eigenvalue weighted by Gasteiger charge is 2.54. The SMILES string of the molecule is C#CCSCCN1C(=O)C(C)(C2CC2)NC(=O)C1CC. The highest BCUT2D eigenvalue weighted by molar-refractivity contribution is 7.99. The third kappa shape index (κ3) is 2.80. The maximum atomic E-state index is 12.8. The van der Waals surface area contributed by atoms with Gasteiger partial charge in [-0.2, -0.15) is 0 Å². The summed E-state index contributed by atoms with van der Waals surface area (Å²) in [7, 11) is 0. The highest BCUT2D eigenvalue weighted by Crippen LogP contribution is 2.42. The first-order valence-corrected chi connectivity index (χ1v) is 8.34. The van der Waals surface area contributed by atoms with Crippen molar-refractivity contribution in [2.24, 2.45) is 5.92 Å². The van der Waals surface area contributed by atoms with E-state index in [9.17, 15) is 9.59 Å². The average Bonchev–Trinajstić information content (AvgIpc) is 3.24. The van der Waals surface area contributed by atoms with Gasteiger partial charge in [0, 0.05) is 12.3 Å². The van der Waals surface area contributed by atoms with Crippen molar-refractivity contribution in [2.45, 2.75) is 44.7 Å². The summed E-state index contributed by atoms with van der Waals surface area (Å²) in [6, 6.07) is -0.333. The van der Waals surface area contributed by atoms with Crippen LogP contribution in [0.2, 0.25) is 0 Å². The lowest BCUT2D eigenvalue weighted by Gasteiger charge is -2.44. The quantitative estimate of drug-likeness (QED) is 0.593. The fourth-order valence-corrected chi connectivity index (χ4v) is 3.46. The molecule has 2 unspecified atom stereocenters. The number of rotatable bonds is 6. The normalized spacial score (nSPS) is 30.1. The Morgan fingerprint density at radius 1 is 1.50 bits per heavy atom. The van der Waals surface area contributed by atoms with E-state index in [-0.39, 0.29) is 17.9 Å². The van der Waals surface area contributed by atoms with Gasteiger partial charge in [0.05, 0.1) is 5.75 Å². The zero-order valence-corrected chi connectivity index (χ0v) is 13.0. The maximum Gasteiger partial charge on any atom is 0.249 e. The van der Waals surface area contributed by atoms with Gasteiger partial charge in [-0.25, -0.2) is 0 Å². The molecule has 0 aromatic heterocycles. The summed E-state index contributed by atoms with van der Waals surface area (Å²) in [6.07, 6.45) is 7.93. The van der Waals surface area contributed by atoms with Gasteiger partial charge in [0.1, 0.15) is 11.6 Å². The van der Waals surface area contributed by atoms with Crippen molar-refractivity contribution in [2.75, 3.05) is 18.1 Å². The molecule has 0 spiro atoms. The summed E-state index contributed by atoms with van der Waals surface area (Å²) in [6.45, 7) is 4.41. The number of nitrogens with one attached hydrogen (secondary N) is 1. The van der Waals surface area contributed by atoms with Crippen molar-refractivity contribution in [1.29, 1.82) is 0 Å². The summed E-state index contributed by atoms with van der Waals surface area (Å²) >= 11 is 1.63. The van der Waals surface area contributed by atoms with E-state index in [4.69, 9.17) is 6.42 Å². The predicted octanol–water partition coefficient (Wildman–Crippen LogP) is 1.26. The molecule has 0 aromatic carbocycles. The summed E-state index contributed by atoms with van der Waals surface area (Å²) in [5.41, 5.74) is -0.695. The van der Waals surface area contributed by atoms with Crippen LogP contribution in [0.3, 0.4) is 0 Å². The Hall–Kier alpha value is -1.15. The highest BCUT2D eigenvalue weighted by atomic mass is 32.2. The molecule has 0 aromatic rings. The van der Waals surface area contributed by atoms with Crippen molar-refractivity contribution in [1.82, 2.24) is 10.2 Å². The molecule has 1 heterocycles. The number of nitrogens with zero attached hydrogens (tertiary/aromatic N) is 1. The van der Waals surface area contributed by atoms with E-state index >= 15 is 0 Å². The molecular weight excluding hydrogens is 272 g/mol. The molecule has 4 nitrogen and oxygen atoms in total. The fraction of sp³-hybridized carbons (Fsp3) is 0.733. The Labute approximate surface area is 125 Å². The summed E-state index contributed by atoms with van der Waals surface area (Å²) in [5.74, 6) is 4.37. The van der Waals surface area contributed by atoms with Gasteiger partial charge in [-0.05, 0) is 32.1 Å². The lowest BCUT2D eigenvalue weighted by Crippen LogP contribution is -2.70. The number of hydrogen-bond donors (Lipinski definition) is 1. The van der Waals surface area contributed by atoms with Gasteiger partial charge in [-0.1, -0.05) is 12.8 Å². The third-order valence-electron chi connectivity index (χ3n) is 4.21. The monoisotopic (exact) mass is 294 g/mol. The zero-order chi connectivity index (χ0) is 14.8. The van der Waals surface area contributed by atoms with Gasteiger partial charge in [0.2, 0.25) is 11.8 Å². The van der Waals surface area contributed by atoms with Crippen LogP contribution in [-0.2, 0) is 9.59 Å². The second-order valence-corrected chi connectivity index (χ2v) is 6.75. The van der Waals surface area contributed by atoms with Gasteiger partial charge >= 0.3 is 0 Å². The number of terminal acetylenes is 1. The number of thioether (sulfide) groups is 1. The number of piperazine rings is 1. The van der Waals surface area contributed by atoms with E-state index in [1.54, 1.807) is 16.7 Å². The van der Waals surface area contributed by atoms with Gasteiger partial charge in [-0.3, -0.25) is 9.59 Å². The minimum atomic E-state index is -0.695. The Balaban J connectivity index is 2.09. The van der Waals surface area contributed by atoms with Crippen molar-refractivity contribution in [3.8, 4) is 12.3 Å². The molecule has 1 aliphatic carbocycles. The minimum absolute atomic E-state index is 0.0107. The molecule has 2 amide bonds. The van der Waals surface area contributed by atoms with E-state index in [1.807, 2.05) is 13.8 Å². The van der Waals surface area contributed by atoms with Crippen LogP contribution in [0.5, 0.6) is 0 Å². The molecule has 20 heavy (non-hydrogen) atoms.